The number of nitrogens with one attached hydrogen (secondary N) is 1. The van der Waals surface area contributed by atoms with Gasteiger partial charge in [-0.25, -0.2) is 4.39 Å². The minimum Gasteiger partial charge on any atom is -0.369 e. The molecule has 1 N–H and O–H groups in total. The molecule has 2 aromatic rings. The average Bonchev–Trinajstić information content (AvgIpc) is 2.62. The molecule has 0 bridgehead atoms. The third kappa shape index (κ3) is 4.52. The summed E-state index contributed by atoms with van der Waals surface area (Å²) in [5.74, 6) is -0.190. The summed E-state index contributed by atoms with van der Waals surface area (Å²) in [4.78, 5) is 20.4. The fourth-order valence-electron chi connectivity index (χ4n) is 2.78. The summed E-state index contributed by atoms with van der Waals surface area (Å²) in [6, 6.07) is 10.3. The molecule has 1 fully saturated rings. The van der Waals surface area contributed by atoms with Gasteiger partial charge >= 0.3 is 0 Å². The minimum absolute atomic E-state index is 0.0297. The first-order valence-electron chi connectivity index (χ1n) is 8.09. The van der Waals surface area contributed by atoms with E-state index in [0.29, 0.717) is 13.1 Å². The summed E-state index contributed by atoms with van der Waals surface area (Å²) < 4.78 is 13.0. The lowest BCUT2D eigenvalue weighted by molar-refractivity contribution is -0.122. The van der Waals surface area contributed by atoms with E-state index in [4.69, 9.17) is 0 Å². The van der Waals surface area contributed by atoms with Crippen LogP contribution < -0.4 is 10.2 Å². The van der Waals surface area contributed by atoms with E-state index >= 15 is 0 Å². The predicted octanol–water partition coefficient (Wildman–Crippen LogP) is 1.66. The second kappa shape index (κ2) is 7.88. The summed E-state index contributed by atoms with van der Waals surface area (Å²) in [7, 11) is 0. The highest BCUT2D eigenvalue weighted by Crippen LogP contribution is 2.16. The van der Waals surface area contributed by atoms with Gasteiger partial charge in [-0.2, -0.15) is 0 Å². The summed E-state index contributed by atoms with van der Waals surface area (Å²) in [6.45, 7) is 4.24. The third-order valence-electron chi connectivity index (χ3n) is 4.17. The zero-order chi connectivity index (χ0) is 16.8. The highest BCUT2D eigenvalue weighted by molar-refractivity contribution is 5.78. The Labute approximate surface area is 141 Å². The van der Waals surface area contributed by atoms with Gasteiger partial charge in [0.1, 0.15) is 5.82 Å². The molecule has 5 nitrogen and oxygen atoms in total. The molecule has 6 heteroatoms. The van der Waals surface area contributed by atoms with Crippen molar-refractivity contribution in [1.82, 2.24) is 15.2 Å². The first-order valence-corrected chi connectivity index (χ1v) is 8.09. The number of benzene rings is 1. The predicted molar refractivity (Wildman–Crippen MR) is 91.1 cm³/mol. The van der Waals surface area contributed by atoms with E-state index < -0.39 is 0 Å². The Bertz CT molecular complexity index is 654. The highest BCUT2D eigenvalue weighted by atomic mass is 19.1. The maximum absolute atomic E-state index is 13.0. The van der Waals surface area contributed by atoms with Crippen LogP contribution in [0.3, 0.4) is 0 Å². The van der Waals surface area contributed by atoms with Gasteiger partial charge in [0.25, 0.3) is 0 Å². The Morgan fingerprint density at radius 3 is 2.38 bits per heavy atom. The number of amides is 1. The fourth-order valence-corrected chi connectivity index (χ4v) is 2.78. The lowest BCUT2D eigenvalue weighted by atomic mass is 10.2. The van der Waals surface area contributed by atoms with Gasteiger partial charge in [-0.3, -0.25) is 14.7 Å². The number of carbonyl (C=O) groups excluding carboxylic acids is 1. The van der Waals surface area contributed by atoms with Gasteiger partial charge in [-0.05, 0) is 42.0 Å². The van der Waals surface area contributed by atoms with Crippen LogP contribution in [0.1, 0.15) is 5.56 Å². The van der Waals surface area contributed by atoms with E-state index in [2.05, 4.69) is 20.1 Å². The maximum Gasteiger partial charge on any atom is 0.234 e. The number of hydrogen-bond acceptors (Lipinski definition) is 4. The van der Waals surface area contributed by atoms with E-state index in [-0.39, 0.29) is 11.7 Å². The zero-order valence-electron chi connectivity index (χ0n) is 13.5. The smallest absolute Gasteiger partial charge is 0.234 e. The number of piperazine rings is 1. The van der Waals surface area contributed by atoms with Crippen molar-refractivity contribution in [2.75, 3.05) is 37.6 Å². The van der Waals surface area contributed by atoms with Crippen molar-refractivity contribution in [2.24, 2.45) is 0 Å². The molecule has 1 aliphatic rings. The SMILES string of the molecule is O=C(CN1CCN(c2ccc(F)cc2)CC1)NCc1ccncc1. The Morgan fingerprint density at radius 2 is 1.71 bits per heavy atom. The summed E-state index contributed by atoms with van der Waals surface area (Å²) >= 11 is 0. The van der Waals surface area contributed by atoms with Crippen molar-refractivity contribution in [3.05, 3.63) is 60.2 Å². The summed E-state index contributed by atoms with van der Waals surface area (Å²) in [6.07, 6.45) is 3.44. The Hall–Kier alpha value is -2.47. The van der Waals surface area contributed by atoms with Crippen LogP contribution in [0.4, 0.5) is 10.1 Å². The molecule has 1 aliphatic heterocycles. The van der Waals surface area contributed by atoms with Crippen LogP contribution in [-0.4, -0.2) is 48.5 Å². The number of nitrogens with zero attached hydrogens (tertiary/aromatic N) is 3. The van der Waals surface area contributed by atoms with E-state index in [0.717, 1.165) is 37.4 Å². The van der Waals surface area contributed by atoms with Crippen LogP contribution in [0.15, 0.2) is 48.8 Å². The number of pyridine rings is 1. The molecule has 0 saturated carbocycles. The molecule has 0 aliphatic carbocycles. The summed E-state index contributed by atoms with van der Waals surface area (Å²) in [5, 5.41) is 2.93. The van der Waals surface area contributed by atoms with Gasteiger partial charge in [-0.1, -0.05) is 0 Å². The topological polar surface area (TPSA) is 48.5 Å². The van der Waals surface area contributed by atoms with Crippen molar-refractivity contribution in [3.63, 3.8) is 0 Å². The molecule has 1 amide bonds. The number of carbonyl (C=O) groups is 1. The molecule has 0 atom stereocenters. The molecule has 3 rings (SSSR count). The highest BCUT2D eigenvalue weighted by Gasteiger charge is 2.19. The van der Waals surface area contributed by atoms with Gasteiger partial charge in [0.15, 0.2) is 0 Å². The van der Waals surface area contributed by atoms with E-state index in [9.17, 15) is 9.18 Å². The van der Waals surface area contributed by atoms with E-state index in [1.165, 1.54) is 12.1 Å². The van der Waals surface area contributed by atoms with Crippen LogP contribution in [0.2, 0.25) is 0 Å². The first kappa shape index (κ1) is 16.4. The van der Waals surface area contributed by atoms with Gasteiger partial charge in [0, 0.05) is 50.8 Å². The van der Waals surface area contributed by atoms with Crippen LogP contribution in [0.5, 0.6) is 0 Å². The van der Waals surface area contributed by atoms with E-state index in [1.807, 2.05) is 12.1 Å². The molecule has 0 spiro atoms. The first-order chi connectivity index (χ1) is 11.7. The Kier molecular flexibility index (Phi) is 5.38. The van der Waals surface area contributed by atoms with Crippen LogP contribution >= 0.6 is 0 Å². The second-order valence-corrected chi connectivity index (χ2v) is 5.87. The van der Waals surface area contributed by atoms with Crippen molar-refractivity contribution in [3.8, 4) is 0 Å². The van der Waals surface area contributed by atoms with Crippen molar-refractivity contribution in [1.29, 1.82) is 0 Å². The normalized spacial score (nSPS) is 15.3. The van der Waals surface area contributed by atoms with Gasteiger partial charge in [0.2, 0.25) is 5.91 Å². The number of anilines is 1. The molecule has 1 saturated heterocycles. The molecule has 2 heterocycles. The molecular formula is C18H21FN4O. The second-order valence-electron chi connectivity index (χ2n) is 5.87. The fraction of sp³-hybridized carbons (Fsp3) is 0.333. The molecule has 1 aromatic carbocycles. The molecule has 24 heavy (non-hydrogen) atoms. The lowest BCUT2D eigenvalue weighted by Gasteiger charge is -2.35. The van der Waals surface area contributed by atoms with Crippen molar-refractivity contribution < 1.29 is 9.18 Å². The number of halogens is 1. The van der Waals surface area contributed by atoms with Crippen LogP contribution in [0.25, 0.3) is 0 Å². The van der Waals surface area contributed by atoms with E-state index in [1.54, 1.807) is 24.5 Å². The number of aromatic nitrogens is 1. The zero-order valence-corrected chi connectivity index (χ0v) is 13.5. The van der Waals surface area contributed by atoms with Crippen molar-refractivity contribution >= 4 is 11.6 Å². The quantitative estimate of drug-likeness (QED) is 0.907. The standard InChI is InChI=1S/C18H21FN4O/c19-16-1-3-17(4-2-16)23-11-9-22(10-12-23)14-18(24)21-13-15-5-7-20-8-6-15/h1-8H,9-14H2,(H,21,24). The molecule has 126 valence electrons. The lowest BCUT2D eigenvalue weighted by Crippen LogP contribution is -2.49. The molecule has 1 aromatic heterocycles. The number of hydrogen-bond donors (Lipinski definition) is 1. The van der Waals surface area contributed by atoms with Crippen LogP contribution in [-0.2, 0) is 11.3 Å². The summed E-state index contributed by atoms with van der Waals surface area (Å²) in [5.41, 5.74) is 2.07. The third-order valence-corrected chi connectivity index (χ3v) is 4.17. The van der Waals surface area contributed by atoms with Gasteiger partial charge in [-0.15, -0.1) is 0 Å². The largest absolute Gasteiger partial charge is 0.369 e. The van der Waals surface area contributed by atoms with Gasteiger partial charge in [0.05, 0.1) is 6.54 Å². The van der Waals surface area contributed by atoms with Gasteiger partial charge < -0.3 is 10.2 Å². The maximum atomic E-state index is 13.0. The number of rotatable bonds is 5. The molecule has 0 radical (unpaired) electrons. The van der Waals surface area contributed by atoms with Crippen LogP contribution in [0, 0.1) is 5.82 Å². The van der Waals surface area contributed by atoms with Crippen molar-refractivity contribution in [2.45, 2.75) is 6.54 Å². The Morgan fingerprint density at radius 1 is 1.04 bits per heavy atom. The Balaban J connectivity index is 1.41. The molecule has 0 unspecified atom stereocenters. The average molecular weight is 328 g/mol. The minimum atomic E-state index is -0.219. The molecular weight excluding hydrogens is 307 g/mol. The monoisotopic (exact) mass is 328 g/mol.